The summed E-state index contributed by atoms with van der Waals surface area (Å²) in [7, 11) is 0. The highest BCUT2D eigenvalue weighted by Crippen LogP contribution is 2.28. The van der Waals surface area contributed by atoms with Gasteiger partial charge in [0.2, 0.25) is 5.91 Å². The predicted molar refractivity (Wildman–Crippen MR) is 133 cm³/mol. The molecule has 0 aliphatic rings. The van der Waals surface area contributed by atoms with Gasteiger partial charge in [0.05, 0.1) is 11.4 Å². The number of halogens is 3. The minimum Gasteiger partial charge on any atom is -0.356 e. The minimum atomic E-state index is -0.0755. The first kappa shape index (κ1) is 24.0. The summed E-state index contributed by atoms with van der Waals surface area (Å²) >= 11 is 15.9. The number of Topliss-reactive ketones (excluding diaryl/α,β-unsaturated/α-hetero) is 1. The summed E-state index contributed by atoms with van der Waals surface area (Å²) in [5.41, 5.74) is 1.38. The maximum absolute atomic E-state index is 12.6. The molecule has 1 N–H and O–H groups in total. The quantitative estimate of drug-likeness (QED) is 0.160. The number of aryl methyl sites for hydroxylation is 1. The van der Waals surface area contributed by atoms with Gasteiger partial charge >= 0.3 is 0 Å². The van der Waals surface area contributed by atoms with Gasteiger partial charge in [0.25, 0.3) is 0 Å². The van der Waals surface area contributed by atoms with Gasteiger partial charge in [0.15, 0.2) is 10.9 Å². The van der Waals surface area contributed by atoms with Gasteiger partial charge < -0.3 is 5.32 Å². The molecule has 0 spiro atoms. The summed E-state index contributed by atoms with van der Waals surface area (Å²) in [4.78, 5) is 23.7. The number of hydrogen-bond acceptors (Lipinski definition) is 5. The Bertz CT molecular complexity index is 1070. The first-order valence-electron chi connectivity index (χ1n) is 9.40. The largest absolute Gasteiger partial charge is 0.356 e. The Morgan fingerprint density at radius 2 is 1.77 bits per heavy atom. The lowest BCUT2D eigenvalue weighted by atomic mass is 10.2. The van der Waals surface area contributed by atoms with Crippen molar-refractivity contribution in [1.82, 2.24) is 20.1 Å². The summed E-state index contributed by atoms with van der Waals surface area (Å²) in [6.45, 7) is 2.02. The summed E-state index contributed by atoms with van der Waals surface area (Å²) in [6, 6.07) is 12.7. The predicted octanol–water partition coefficient (Wildman–Crippen LogP) is 5.22. The van der Waals surface area contributed by atoms with Gasteiger partial charge in [-0.3, -0.25) is 14.2 Å². The topological polar surface area (TPSA) is 76.9 Å². The number of hydrogen-bond donors (Lipinski definition) is 1. The number of rotatable bonds is 9. The van der Waals surface area contributed by atoms with Crippen molar-refractivity contribution in [1.29, 1.82) is 0 Å². The van der Waals surface area contributed by atoms with E-state index >= 15 is 0 Å². The highest BCUT2D eigenvalue weighted by Gasteiger charge is 2.17. The van der Waals surface area contributed by atoms with Crippen LogP contribution in [0.25, 0.3) is 5.69 Å². The molecular formula is C21H19Cl2IN4O2S. The van der Waals surface area contributed by atoms with Gasteiger partial charge in [0, 0.05) is 39.1 Å². The molecule has 2 aromatic carbocycles. The van der Waals surface area contributed by atoms with Crippen molar-refractivity contribution >= 4 is 69.2 Å². The van der Waals surface area contributed by atoms with Crippen LogP contribution >= 0.6 is 57.6 Å². The number of carbonyl (C=O) groups excluding carboxylic acids is 2. The second kappa shape index (κ2) is 11.3. The molecule has 31 heavy (non-hydrogen) atoms. The highest BCUT2D eigenvalue weighted by molar-refractivity contribution is 14.1. The number of ketones is 1. The Labute approximate surface area is 208 Å². The van der Waals surface area contributed by atoms with Crippen molar-refractivity contribution in [2.24, 2.45) is 0 Å². The Hall–Kier alpha value is -1.62. The molecule has 1 aromatic heterocycles. The van der Waals surface area contributed by atoms with Crippen LogP contribution in [-0.2, 0) is 11.2 Å². The van der Waals surface area contributed by atoms with Crippen LogP contribution in [0.3, 0.4) is 0 Å². The van der Waals surface area contributed by atoms with Crippen LogP contribution in [0.4, 0.5) is 0 Å². The third-order valence-corrected chi connectivity index (χ3v) is 6.34. The lowest BCUT2D eigenvalue weighted by Gasteiger charge is -2.11. The standard InChI is InChI=1S/C21H19Cl2IN4O2S/c1-13(29)25-8-2-3-20-26-27-21(28(20)18-10-15(22)9-16(23)11-18)31-12-19(30)14-4-6-17(24)7-5-14/h4-7,9-11H,2-3,8,12H2,1H3,(H,25,29). The number of nitrogens with zero attached hydrogens (tertiary/aromatic N) is 3. The van der Waals surface area contributed by atoms with Gasteiger partial charge in [-0.25, -0.2) is 0 Å². The van der Waals surface area contributed by atoms with Gasteiger partial charge in [-0.15, -0.1) is 10.2 Å². The average molecular weight is 589 g/mol. The van der Waals surface area contributed by atoms with E-state index in [2.05, 4.69) is 38.1 Å². The van der Waals surface area contributed by atoms with Gasteiger partial charge in [-0.1, -0.05) is 47.1 Å². The molecule has 3 rings (SSSR count). The van der Waals surface area contributed by atoms with E-state index in [4.69, 9.17) is 23.2 Å². The first-order chi connectivity index (χ1) is 14.8. The van der Waals surface area contributed by atoms with Crippen LogP contribution in [0.5, 0.6) is 0 Å². The Morgan fingerprint density at radius 1 is 1.10 bits per heavy atom. The molecular weight excluding hydrogens is 570 g/mol. The van der Waals surface area contributed by atoms with E-state index in [1.165, 1.54) is 18.7 Å². The smallest absolute Gasteiger partial charge is 0.216 e. The van der Waals surface area contributed by atoms with E-state index in [1.807, 2.05) is 28.8 Å². The molecule has 0 saturated carbocycles. The zero-order valence-electron chi connectivity index (χ0n) is 16.6. The Kier molecular flexibility index (Phi) is 8.76. The fourth-order valence-electron chi connectivity index (χ4n) is 2.84. The van der Waals surface area contributed by atoms with Gasteiger partial charge in [-0.2, -0.15) is 0 Å². The maximum atomic E-state index is 12.6. The van der Waals surface area contributed by atoms with Crippen molar-refractivity contribution in [3.05, 3.63) is 67.5 Å². The van der Waals surface area contributed by atoms with Crippen LogP contribution < -0.4 is 5.32 Å². The Balaban J connectivity index is 1.82. The van der Waals surface area contributed by atoms with Crippen molar-refractivity contribution in [2.75, 3.05) is 12.3 Å². The lowest BCUT2D eigenvalue weighted by molar-refractivity contribution is -0.118. The van der Waals surface area contributed by atoms with Crippen LogP contribution in [0.1, 0.15) is 29.5 Å². The van der Waals surface area contributed by atoms with E-state index in [9.17, 15) is 9.59 Å². The van der Waals surface area contributed by atoms with Gasteiger partial charge in [0.1, 0.15) is 5.82 Å². The molecule has 3 aromatic rings. The highest BCUT2D eigenvalue weighted by atomic mass is 127. The van der Waals surface area contributed by atoms with E-state index < -0.39 is 0 Å². The van der Waals surface area contributed by atoms with E-state index in [-0.39, 0.29) is 17.4 Å². The maximum Gasteiger partial charge on any atom is 0.216 e. The fraction of sp³-hybridized carbons (Fsp3) is 0.238. The first-order valence-corrected chi connectivity index (χ1v) is 12.2. The summed E-state index contributed by atoms with van der Waals surface area (Å²) in [6.07, 6.45) is 1.28. The van der Waals surface area contributed by atoms with Crippen molar-refractivity contribution in [2.45, 2.75) is 24.9 Å². The Morgan fingerprint density at radius 3 is 2.42 bits per heavy atom. The van der Waals surface area contributed by atoms with E-state index in [1.54, 1.807) is 18.2 Å². The molecule has 0 aliphatic carbocycles. The SMILES string of the molecule is CC(=O)NCCCc1nnc(SCC(=O)c2ccc(I)cc2)n1-c1cc(Cl)cc(Cl)c1. The zero-order chi connectivity index (χ0) is 22.4. The summed E-state index contributed by atoms with van der Waals surface area (Å²) in [5.74, 6) is 0.854. The minimum absolute atomic E-state index is 0.00675. The summed E-state index contributed by atoms with van der Waals surface area (Å²) in [5, 5.41) is 12.9. The molecule has 0 radical (unpaired) electrons. The van der Waals surface area contributed by atoms with Gasteiger partial charge in [-0.05, 0) is 59.3 Å². The fourth-order valence-corrected chi connectivity index (χ4v) is 4.58. The van der Waals surface area contributed by atoms with Crippen LogP contribution in [0.2, 0.25) is 10.0 Å². The molecule has 1 amide bonds. The van der Waals surface area contributed by atoms with Crippen LogP contribution in [0, 0.1) is 3.57 Å². The molecule has 162 valence electrons. The summed E-state index contributed by atoms with van der Waals surface area (Å²) < 4.78 is 2.93. The number of amides is 1. The second-order valence-electron chi connectivity index (χ2n) is 6.67. The van der Waals surface area contributed by atoms with Crippen LogP contribution in [-0.4, -0.2) is 38.8 Å². The zero-order valence-corrected chi connectivity index (χ0v) is 21.1. The van der Waals surface area contributed by atoms with E-state index in [0.29, 0.717) is 46.0 Å². The number of aromatic nitrogens is 3. The second-order valence-corrected chi connectivity index (χ2v) is 9.73. The number of nitrogens with one attached hydrogen (secondary N) is 1. The van der Waals surface area contributed by atoms with Crippen molar-refractivity contribution < 1.29 is 9.59 Å². The third-order valence-electron chi connectivity index (χ3n) is 4.26. The molecule has 0 aliphatic heterocycles. The third kappa shape index (κ3) is 6.93. The molecule has 10 heteroatoms. The number of carbonyl (C=O) groups is 2. The molecule has 0 unspecified atom stereocenters. The van der Waals surface area contributed by atoms with Crippen molar-refractivity contribution in [3.63, 3.8) is 0 Å². The molecule has 1 heterocycles. The molecule has 0 bridgehead atoms. The van der Waals surface area contributed by atoms with Crippen molar-refractivity contribution in [3.8, 4) is 5.69 Å². The van der Waals surface area contributed by atoms with E-state index in [0.717, 1.165) is 9.26 Å². The van der Waals surface area contributed by atoms with Crippen LogP contribution in [0.15, 0.2) is 47.6 Å². The number of thioether (sulfide) groups is 1. The lowest BCUT2D eigenvalue weighted by Crippen LogP contribution is -2.21. The number of benzene rings is 2. The monoisotopic (exact) mass is 588 g/mol. The average Bonchev–Trinajstić information content (AvgIpc) is 3.12. The molecule has 0 atom stereocenters. The molecule has 0 fully saturated rings. The molecule has 0 saturated heterocycles. The molecule has 6 nitrogen and oxygen atoms in total. The normalized spacial score (nSPS) is 10.8.